The average Bonchev–Trinajstić information content (AvgIpc) is 3.06. The fourth-order valence-electron chi connectivity index (χ4n) is 3.49. The van der Waals surface area contributed by atoms with Crippen molar-refractivity contribution in [3.8, 4) is 11.1 Å². The number of anilines is 2. The van der Waals surface area contributed by atoms with Gasteiger partial charge in [0.1, 0.15) is 34.7 Å². The van der Waals surface area contributed by atoms with Gasteiger partial charge in [-0.3, -0.25) is 4.79 Å². The van der Waals surface area contributed by atoms with Crippen LogP contribution in [0.25, 0.3) is 22.2 Å². The van der Waals surface area contributed by atoms with Crippen molar-refractivity contribution in [1.82, 2.24) is 14.5 Å². The monoisotopic (exact) mass is 441 g/mol. The molecule has 1 unspecified atom stereocenters. The molecule has 0 saturated heterocycles. The lowest BCUT2D eigenvalue weighted by molar-refractivity contribution is -0.124. The molecule has 1 atom stereocenters. The smallest absolute Gasteiger partial charge is 0.257 e. The first kappa shape index (κ1) is 21.3. The highest BCUT2D eigenvalue weighted by molar-refractivity contribution is 6.01. The minimum absolute atomic E-state index is 0.0264. The summed E-state index contributed by atoms with van der Waals surface area (Å²) in [5, 5.41) is 12.6. The molecular formula is C22H18F3N5O2. The van der Waals surface area contributed by atoms with Crippen molar-refractivity contribution < 1.29 is 23.1 Å². The van der Waals surface area contributed by atoms with Gasteiger partial charge in [-0.05, 0) is 30.7 Å². The Kier molecular flexibility index (Phi) is 5.31. The van der Waals surface area contributed by atoms with Gasteiger partial charge in [-0.25, -0.2) is 23.1 Å². The van der Waals surface area contributed by atoms with Gasteiger partial charge in [-0.1, -0.05) is 12.1 Å². The second kappa shape index (κ2) is 7.97. The van der Waals surface area contributed by atoms with Crippen LogP contribution >= 0.6 is 0 Å². The highest BCUT2D eigenvalue weighted by atomic mass is 19.1. The lowest BCUT2D eigenvalue weighted by Gasteiger charge is -2.13. The summed E-state index contributed by atoms with van der Waals surface area (Å²) in [4.78, 5) is 20.7. The number of benzene rings is 2. The summed E-state index contributed by atoms with van der Waals surface area (Å²) in [6.07, 6.45) is -0.218. The molecule has 0 aliphatic carbocycles. The number of carbonyl (C=O) groups excluding carboxylic acids is 1. The molecule has 7 nitrogen and oxygen atoms in total. The van der Waals surface area contributed by atoms with E-state index in [-0.39, 0.29) is 22.5 Å². The Labute approximate surface area is 180 Å². The van der Waals surface area contributed by atoms with Gasteiger partial charge in [-0.2, -0.15) is 0 Å². The van der Waals surface area contributed by atoms with Crippen molar-refractivity contribution in [2.45, 2.75) is 13.0 Å². The van der Waals surface area contributed by atoms with Gasteiger partial charge in [0.25, 0.3) is 5.91 Å². The Morgan fingerprint density at radius 2 is 1.88 bits per heavy atom. The summed E-state index contributed by atoms with van der Waals surface area (Å²) < 4.78 is 44.7. The number of aryl methyl sites for hydroxylation is 2. The molecule has 10 heteroatoms. The van der Waals surface area contributed by atoms with Crippen LogP contribution in [0.15, 0.2) is 42.6 Å². The maximum atomic E-state index is 15.0. The van der Waals surface area contributed by atoms with Crippen molar-refractivity contribution >= 4 is 28.4 Å². The SMILES string of the molecule is Cc1nc(N)c2c(-c3cc(F)c(NC(=O)C(O)c4cccc(F)c4)cc3F)cn(C)c2n1. The number of amides is 1. The third-order valence-electron chi connectivity index (χ3n) is 4.97. The first-order chi connectivity index (χ1) is 15.2. The number of nitrogens with one attached hydrogen (secondary N) is 1. The molecule has 32 heavy (non-hydrogen) atoms. The Morgan fingerprint density at radius 1 is 1.12 bits per heavy atom. The van der Waals surface area contributed by atoms with E-state index in [1.54, 1.807) is 24.7 Å². The predicted molar refractivity (Wildman–Crippen MR) is 113 cm³/mol. The van der Waals surface area contributed by atoms with Crippen LogP contribution in [0.5, 0.6) is 0 Å². The lowest BCUT2D eigenvalue weighted by atomic mass is 10.0. The van der Waals surface area contributed by atoms with E-state index in [2.05, 4.69) is 15.3 Å². The Bertz CT molecular complexity index is 1370. The van der Waals surface area contributed by atoms with Gasteiger partial charge < -0.3 is 20.7 Å². The van der Waals surface area contributed by atoms with E-state index in [0.29, 0.717) is 16.9 Å². The zero-order valence-corrected chi connectivity index (χ0v) is 17.0. The van der Waals surface area contributed by atoms with Gasteiger partial charge in [0.15, 0.2) is 6.10 Å². The molecule has 0 fully saturated rings. The number of nitrogens with zero attached hydrogens (tertiary/aromatic N) is 3. The van der Waals surface area contributed by atoms with Crippen LogP contribution in [0, 0.1) is 24.4 Å². The molecule has 0 radical (unpaired) electrons. The molecule has 1 amide bonds. The molecule has 2 heterocycles. The predicted octanol–water partition coefficient (Wildman–Crippen LogP) is 3.62. The number of aromatic nitrogens is 3. The number of nitrogens with two attached hydrogens (primary N) is 1. The quantitative estimate of drug-likeness (QED) is 0.449. The van der Waals surface area contributed by atoms with Crippen LogP contribution in [0.1, 0.15) is 17.5 Å². The molecule has 4 rings (SSSR count). The van der Waals surface area contributed by atoms with E-state index >= 15 is 0 Å². The largest absolute Gasteiger partial charge is 0.383 e. The minimum atomic E-state index is -1.77. The van der Waals surface area contributed by atoms with Gasteiger partial charge in [0.2, 0.25) is 0 Å². The van der Waals surface area contributed by atoms with E-state index < -0.39 is 35.2 Å². The first-order valence-electron chi connectivity index (χ1n) is 9.48. The molecule has 164 valence electrons. The molecule has 0 bridgehead atoms. The standard InChI is InChI=1S/C22H18F3N5O2/c1-10-27-20(26)18-14(9-30(2)21(18)28-10)13-7-16(25)17(8-15(13)24)29-22(32)19(31)11-4-3-5-12(23)6-11/h3-9,19,31H,1-2H3,(H,29,32)(H2,26,27,28). The van der Waals surface area contributed by atoms with Gasteiger partial charge in [0.05, 0.1) is 11.1 Å². The summed E-state index contributed by atoms with van der Waals surface area (Å²) >= 11 is 0. The number of halogens is 3. The molecule has 0 aliphatic heterocycles. The Morgan fingerprint density at radius 3 is 2.59 bits per heavy atom. The van der Waals surface area contributed by atoms with Gasteiger partial charge in [-0.15, -0.1) is 0 Å². The Hall–Kier alpha value is -3.92. The van der Waals surface area contributed by atoms with E-state index in [0.717, 1.165) is 24.3 Å². The van der Waals surface area contributed by atoms with Crippen LogP contribution in [0.4, 0.5) is 24.7 Å². The summed E-state index contributed by atoms with van der Waals surface area (Å²) in [6.45, 7) is 1.67. The van der Waals surface area contributed by atoms with E-state index in [1.807, 2.05) is 0 Å². The van der Waals surface area contributed by atoms with Crippen LogP contribution in [-0.2, 0) is 11.8 Å². The number of rotatable bonds is 4. The van der Waals surface area contributed by atoms with Crippen LogP contribution < -0.4 is 11.1 Å². The topological polar surface area (TPSA) is 106 Å². The average molecular weight is 441 g/mol. The molecule has 2 aromatic heterocycles. The summed E-state index contributed by atoms with van der Waals surface area (Å²) in [5.74, 6) is -2.91. The highest BCUT2D eigenvalue weighted by Gasteiger charge is 2.22. The highest BCUT2D eigenvalue weighted by Crippen LogP contribution is 2.36. The normalized spacial score (nSPS) is 12.2. The molecule has 0 aliphatic rings. The van der Waals surface area contributed by atoms with Crippen LogP contribution in [0.3, 0.4) is 0 Å². The molecule has 2 aromatic carbocycles. The number of aliphatic hydroxyl groups is 1. The third-order valence-corrected chi connectivity index (χ3v) is 4.97. The molecular weight excluding hydrogens is 423 g/mol. The number of aliphatic hydroxyl groups excluding tert-OH is 1. The Balaban J connectivity index is 1.69. The number of fused-ring (bicyclic) bond motifs is 1. The van der Waals surface area contributed by atoms with Crippen molar-refractivity contribution in [3.63, 3.8) is 0 Å². The molecule has 0 spiro atoms. The van der Waals surface area contributed by atoms with E-state index in [9.17, 15) is 23.1 Å². The van der Waals surface area contributed by atoms with Gasteiger partial charge >= 0.3 is 0 Å². The second-order valence-electron chi connectivity index (χ2n) is 7.27. The van der Waals surface area contributed by atoms with Crippen molar-refractivity contribution in [2.24, 2.45) is 7.05 Å². The zero-order valence-electron chi connectivity index (χ0n) is 17.0. The summed E-state index contributed by atoms with van der Waals surface area (Å²) in [7, 11) is 1.69. The van der Waals surface area contributed by atoms with Crippen molar-refractivity contribution in [3.05, 3.63) is 71.4 Å². The fourth-order valence-corrected chi connectivity index (χ4v) is 3.49. The van der Waals surface area contributed by atoms with Crippen LogP contribution in [0.2, 0.25) is 0 Å². The number of hydrogen-bond donors (Lipinski definition) is 3. The maximum absolute atomic E-state index is 15.0. The lowest BCUT2D eigenvalue weighted by Crippen LogP contribution is -2.21. The van der Waals surface area contributed by atoms with Crippen molar-refractivity contribution in [2.75, 3.05) is 11.1 Å². The third kappa shape index (κ3) is 3.76. The summed E-state index contributed by atoms with van der Waals surface area (Å²) in [6, 6.07) is 6.48. The fraction of sp³-hybridized carbons (Fsp3) is 0.136. The number of nitrogen functional groups attached to an aromatic ring is 1. The number of carbonyl (C=O) groups is 1. The van der Waals surface area contributed by atoms with Gasteiger partial charge in [0, 0.05) is 30.4 Å². The van der Waals surface area contributed by atoms with Crippen molar-refractivity contribution in [1.29, 1.82) is 0 Å². The van der Waals surface area contributed by atoms with E-state index in [4.69, 9.17) is 5.73 Å². The zero-order chi connectivity index (χ0) is 23.2. The second-order valence-corrected chi connectivity index (χ2v) is 7.27. The minimum Gasteiger partial charge on any atom is -0.383 e. The summed E-state index contributed by atoms with van der Waals surface area (Å²) in [5.41, 5.74) is 6.14. The maximum Gasteiger partial charge on any atom is 0.257 e. The molecule has 4 N–H and O–H groups in total. The van der Waals surface area contributed by atoms with E-state index in [1.165, 1.54) is 12.1 Å². The molecule has 4 aromatic rings. The number of hydrogen-bond acceptors (Lipinski definition) is 5. The first-order valence-corrected chi connectivity index (χ1v) is 9.48. The van der Waals surface area contributed by atoms with Crippen LogP contribution in [-0.4, -0.2) is 25.5 Å². The molecule has 0 saturated carbocycles.